The van der Waals surface area contributed by atoms with Crippen LogP contribution in [0.4, 0.5) is 0 Å². The zero-order valence-corrected chi connectivity index (χ0v) is 14.4. The van der Waals surface area contributed by atoms with Crippen LogP contribution in [0.1, 0.15) is 54.9 Å². The molecule has 0 aliphatic carbocycles. The number of hydrogen-bond acceptors (Lipinski definition) is 6. The number of rotatable bonds is 7. The summed E-state index contributed by atoms with van der Waals surface area (Å²) in [5, 5.41) is 20.3. The molecule has 0 spiro atoms. The summed E-state index contributed by atoms with van der Waals surface area (Å²) in [6, 6.07) is 2.52. The van der Waals surface area contributed by atoms with Gasteiger partial charge in [-0.15, -0.1) is 0 Å². The first-order valence-corrected chi connectivity index (χ1v) is 8.27. The lowest BCUT2D eigenvalue weighted by Gasteiger charge is -2.09. The average Bonchev–Trinajstić information content (AvgIpc) is 2.60. The first-order valence-electron chi connectivity index (χ1n) is 8.27. The topological polar surface area (TPSA) is 97.0 Å². The van der Waals surface area contributed by atoms with Crippen LogP contribution < -0.4 is 5.63 Å². The fourth-order valence-corrected chi connectivity index (χ4v) is 2.61. The number of esters is 1. The second-order valence-corrected chi connectivity index (χ2v) is 5.73. The minimum atomic E-state index is -0.785. The van der Waals surface area contributed by atoms with E-state index in [1.54, 1.807) is 6.08 Å². The quantitative estimate of drug-likeness (QED) is 0.447. The Morgan fingerprint density at radius 2 is 2.00 bits per heavy atom. The highest BCUT2D eigenvalue weighted by Gasteiger charge is 2.21. The highest BCUT2D eigenvalue weighted by molar-refractivity contribution is 6.07. The molecule has 0 bridgehead atoms. The molecule has 134 valence electrons. The largest absolute Gasteiger partial charge is 0.506 e. The number of allylic oxidation sites excluding steroid dienone is 1. The van der Waals surface area contributed by atoms with E-state index in [9.17, 15) is 19.8 Å². The van der Waals surface area contributed by atoms with E-state index in [1.165, 1.54) is 25.3 Å². The summed E-state index contributed by atoms with van der Waals surface area (Å²) in [7, 11) is 1.20. The highest BCUT2D eigenvalue weighted by Crippen LogP contribution is 2.35. The number of phenols is 1. The average molecular weight is 346 g/mol. The third-order valence-electron chi connectivity index (χ3n) is 3.96. The molecule has 2 aromatic rings. The van der Waals surface area contributed by atoms with Crippen LogP contribution in [0.2, 0.25) is 0 Å². The van der Waals surface area contributed by atoms with Gasteiger partial charge in [-0.3, -0.25) is 0 Å². The molecule has 0 fully saturated rings. The molecule has 1 heterocycles. The van der Waals surface area contributed by atoms with Crippen LogP contribution in [0.3, 0.4) is 0 Å². The standard InChI is InChI=1S/C19H22O6/c1-3-4-5-6-7-8-9-13-16(21)15-12(18(22)24-2)10-11-14(20)17(15)25-19(13)23/h8-11,20-21H,3-7H2,1-2H3. The van der Waals surface area contributed by atoms with Crippen molar-refractivity contribution in [2.45, 2.75) is 39.0 Å². The first-order chi connectivity index (χ1) is 12.0. The van der Waals surface area contributed by atoms with Crippen molar-refractivity contribution in [3.63, 3.8) is 0 Å². The van der Waals surface area contributed by atoms with Crippen molar-refractivity contribution >= 4 is 23.0 Å². The van der Waals surface area contributed by atoms with Crippen molar-refractivity contribution in [1.82, 2.24) is 0 Å². The van der Waals surface area contributed by atoms with Gasteiger partial charge in [-0.2, -0.15) is 0 Å². The molecule has 0 radical (unpaired) electrons. The van der Waals surface area contributed by atoms with E-state index in [4.69, 9.17) is 4.42 Å². The molecule has 0 saturated carbocycles. The molecule has 0 atom stereocenters. The van der Waals surface area contributed by atoms with Gasteiger partial charge in [0.25, 0.3) is 0 Å². The van der Waals surface area contributed by atoms with Gasteiger partial charge < -0.3 is 19.4 Å². The molecular formula is C19H22O6. The Balaban J connectivity index is 2.47. The maximum atomic E-state index is 12.1. The number of methoxy groups -OCH3 is 1. The molecule has 0 saturated heterocycles. The Hall–Kier alpha value is -2.76. The summed E-state index contributed by atoms with van der Waals surface area (Å²) in [6.45, 7) is 2.13. The van der Waals surface area contributed by atoms with Gasteiger partial charge in [0.2, 0.25) is 0 Å². The lowest BCUT2D eigenvalue weighted by atomic mass is 10.0. The van der Waals surface area contributed by atoms with E-state index < -0.39 is 17.3 Å². The molecule has 1 aromatic heterocycles. The Labute approximate surface area is 145 Å². The molecule has 0 aliphatic rings. The fourth-order valence-electron chi connectivity index (χ4n) is 2.61. The maximum absolute atomic E-state index is 12.1. The molecule has 1 aromatic carbocycles. The number of unbranched alkanes of at least 4 members (excludes halogenated alkanes) is 4. The smallest absolute Gasteiger partial charge is 0.347 e. The lowest BCUT2D eigenvalue weighted by molar-refractivity contribution is 0.0602. The number of fused-ring (bicyclic) bond motifs is 1. The van der Waals surface area contributed by atoms with Gasteiger partial charge in [0, 0.05) is 0 Å². The van der Waals surface area contributed by atoms with Crippen LogP contribution in [-0.2, 0) is 4.74 Å². The zero-order chi connectivity index (χ0) is 18.4. The molecular weight excluding hydrogens is 324 g/mol. The third kappa shape index (κ3) is 4.02. The molecule has 6 heteroatoms. The van der Waals surface area contributed by atoms with Gasteiger partial charge in [0.1, 0.15) is 11.3 Å². The van der Waals surface area contributed by atoms with Gasteiger partial charge >= 0.3 is 11.6 Å². The van der Waals surface area contributed by atoms with Crippen molar-refractivity contribution in [2.24, 2.45) is 0 Å². The van der Waals surface area contributed by atoms with Crippen molar-refractivity contribution in [1.29, 1.82) is 0 Å². The number of hydrogen-bond donors (Lipinski definition) is 2. The summed E-state index contributed by atoms with van der Waals surface area (Å²) in [6.07, 6.45) is 8.40. The van der Waals surface area contributed by atoms with Crippen LogP contribution >= 0.6 is 0 Å². The molecule has 2 N–H and O–H groups in total. The van der Waals surface area contributed by atoms with Crippen molar-refractivity contribution in [2.75, 3.05) is 7.11 Å². The van der Waals surface area contributed by atoms with Gasteiger partial charge in [-0.25, -0.2) is 9.59 Å². The summed E-state index contributed by atoms with van der Waals surface area (Å²) in [4.78, 5) is 24.0. The number of aromatic hydroxyl groups is 2. The fraction of sp³-hybridized carbons (Fsp3) is 0.368. The van der Waals surface area contributed by atoms with Crippen molar-refractivity contribution < 1.29 is 24.2 Å². The molecule has 6 nitrogen and oxygen atoms in total. The number of ether oxygens (including phenoxy) is 1. The van der Waals surface area contributed by atoms with E-state index in [1.807, 2.05) is 0 Å². The summed E-state index contributed by atoms with van der Waals surface area (Å²) < 4.78 is 9.79. The monoisotopic (exact) mass is 346 g/mol. The summed E-state index contributed by atoms with van der Waals surface area (Å²) in [5.74, 6) is -1.46. The van der Waals surface area contributed by atoms with E-state index in [0.717, 1.165) is 32.1 Å². The van der Waals surface area contributed by atoms with E-state index in [2.05, 4.69) is 11.7 Å². The van der Waals surface area contributed by atoms with Crippen molar-refractivity contribution in [3.8, 4) is 11.5 Å². The van der Waals surface area contributed by atoms with Gasteiger partial charge in [-0.05, 0) is 31.1 Å². The molecule has 2 rings (SSSR count). The van der Waals surface area contributed by atoms with E-state index in [-0.39, 0.29) is 27.8 Å². The summed E-state index contributed by atoms with van der Waals surface area (Å²) >= 11 is 0. The predicted molar refractivity (Wildman–Crippen MR) is 94.9 cm³/mol. The zero-order valence-electron chi connectivity index (χ0n) is 14.4. The van der Waals surface area contributed by atoms with Gasteiger partial charge in [0.05, 0.1) is 18.1 Å². The lowest BCUT2D eigenvalue weighted by Crippen LogP contribution is -2.07. The minimum absolute atomic E-state index is 0.00847. The van der Waals surface area contributed by atoms with Crippen LogP contribution in [-0.4, -0.2) is 23.3 Å². The van der Waals surface area contributed by atoms with E-state index in [0.29, 0.717) is 0 Å². The molecule has 0 unspecified atom stereocenters. The predicted octanol–water partition coefficient (Wildman–Crippen LogP) is 3.97. The number of benzene rings is 1. The van der Waals surface area contributed by atoms with Crippen LogP contribution in [0.5, 0.6) is 11.5 Å². The SMILES string of the molecule is CCCCCCC=Cc1c(O)c2c(C(=O)OC)ccc(O)c2oc1=O. The van der Waals surface area contributed by atoms with Crippen LogP contribution in [0.15, 0.2) is 27.4 Å². The Morgan fingerprint density at radius 3 is 2.68 bits per heavy atom. The summed E-state index contributed by atoms with van der Waals surface area (Å²) in [5.41, 5.74) is -1.08. The van der Waals surface area contributed by atoms with Crippen LogP contribution in [0.25, 0.3) is 17.0 Å². The Kier molecular flexibility index (Phi) is 6.22. The number of carbonyl (C=O) groups is 1. The minimum Gasteiger partial charge on any atom is -0.506 e. The Bertz CT molecular complexity index is 847. The van der Waals surface area contributed by atoms with Crippen molar-refractivity contribution in [3.05, 3.63) is 39.8 Å². The second-order valence-electron chi connectivity index (χ2n) is 5.73. The molecule has 0 aliphatic heterocycles. The van der Waals surface area contributed by atoms with Crippen LogP contribution in [0, 0.1) is 0 Å². The highest BCUT2D eigenvalue weighted by atomic mass is 16.5. The maximum Gasteiger partial charge on any atom is 0.347 e. The van der Waals surface area contributed by atoms with Gasteiger partial charge in [0.15, 0.2) is 11.3 Å². The van der Waals surface area contributed by atoms with Gasteiger partial charge in [-0.1, -0.05) is 32.3 Å². The molecule has 0 amide bonds. The number of carbonyl (C=O) groups excluding carboxylic acids is 1. The third-order valence-corrected chi connectivity index (χ3v) is 3.96. The first kappa shape index (κ1) is 18.6. The van der Waals surface area contributed by atoms with E-state index >= 15 is 0 Å². The molecule has 25 heavy (non-hydrogen) atoms. The Morgan fingerprint density at radius 1 is 1.24 bits per heavy atom. The number of phenolic OH excluding ortho intramolecular Hbond substituents is 1. The normalized spacial score (nSPS) is 11.3. The second kappa shape index (κ2) is 8.37.